The molecule has 0 spiro atoms. The standard InChI is InChI=1S/C15H20N4O2/c1-12-8-14(17-21-12)10-19(3)15(20)11-18(2)9-13-4-6-16-7-5-13/h4-8H,9-11H2,1-3H3. The molecule has 0 saturated carbocycles. The van der Waals surface area contributed by atoms with Crippen LogP contribution < -0.4 is 0 Å². The third-order valence-corrected chi connectivity index (χ3v) is 3.11. The summed E-state index contributed by atoms with van der Waals surface area (Å²) in [5, 5.41) is 3.90. The molecule has 0 radical (unpaired) electrons. The highest BCUT2D eigenvalue weighted by Crippen LogP contribution is 2.06. The second-order valence-corrected chi connectivity index (χ2v) is 5.21. The number of rotatable bonds is 6. The van der Waals surface area contributed by atoms with E-state index in [0.29, 0.717) is 19.6 Å². The second kappa shape index (κ2) is 6.99. The highest BCUT2D eigenvalue weighted by atomic mass is 16.5. The first kappa shape index (κ1) is 15.2. The van der Waals surface area contributed by atoms with Gasteiger partial charge in [0.15, 0.2) is 0 Å². The van der Waals surface area contributed by atoms with Gasteiger partial charge in [0.05, 0.1) is 13.1 Å². The summed E-state index contributed by atoms with van der Waals surface area (Å²) in [6, 6.07) is 5.73. The molecule has 6 heteroatoms. The molecule has 112 valence electrons. The van der Waals surface area contributed by atoms with Gasteiger partial charge in [-0.2, -0.15) is 0 Å². The zero-order chi connectivity index (χ0) is 15.2. The van der Waals surface area contributed by atoms with Crippen molar-refractivity contribution in [3.8, 4) is 0 Å². The lowest BCUT2D eigenvalue weighted by Crippen LogP contribution is -2.36. The molecule has 1 amide bonds. The zero-order valence-electron chi connectivity index (χ0n) is 12.6. The smallest absolute Gasteiger partial charge is 0.236 e. The van der Waals surface area contributed by atoms with E-state index in [0.717, 1.165) is 17.0 Å². The molecule has 0 aromatic carbocycles. The Kier molecular flexibility index (Phi) is 5.05. The van der Waals surface area contributed by atoms with Crippen molar-refractivity contribution in [1.29, 1.82) is 0 Å². The molecule has 2 aromatic rings. The quantitative estimate of drug-likeness (QED) is 0.805. The van der Waals surface area contributed by atoms with Crippen LogP contribution in [0.4, 0.5) is 0 Å². The van der Waals surface area contributed by atoms with Crippen molar-refractivity contribution in [3.63, 3.8) is 0 Å². The number of carbonyl (C=O) groups excluding carboxylic acids is 1. The first-order valence-corrected chi connectivity index (χ1v) is 6.78. The predicted molar refractivity (Wildman–Crippen MR) is 78.3 cm³/mol. The van der Waals surface area contributed by atoms with Crippen molar-refractivity contribution >= 4 is 5.91 Å². The number of amides is 1. The van der Waals surface area contributed by atoms with E-state index in [4.69, 9.17) is 4.52 Å². The van der Waals surface area contributed by atoms with E-state index < -0.39 is 0 Å². The molecule has 0 aliphatic rings. The molecule has 6 nitrogen and oxygen atoms in total. The van der Waals surface area contributed by atoms with E-state index in [9.17, 15) is 4.79 Å². The highest BCUT2D eigenvalue weighted by molar-refractivity contribution is 5.77. The van der Waals surface area contributed by atoms with Gasteiger partial charge in [0.1, 0.15) is 11.5 Å². The van der Waals surface area contributed by atoms with Gasteiger partial charge in [-0.25, -0.2) is 0 Å². The molecule has 2 aromatic heterocycles. The van der Waals surface area contributed by atoms with E-state index in [1.807, 2.05) is 37.1 Å². The minimum Gasteiger partial charge on any atom is -0.361 e. The number of pyridine rings is 1. The van der Waals surface area contributed by atoms with E-state index in [1.54, 1.807) is 24.3 Å². The van der Waals surface area contributed by atoms with Gasteiger partial charge >= 0.3 is 0 Å². The largest absolute Gasteiger partial charge is 0.361 e. The Morgan fingerprint density at radius 2 is 1.95 bits per heavy atom. The van der Waals surface area contributed by atoms with E-state index >= 15 is 0 Å². The number of aromatic nitrogens is 2. The number of likely N-dealkylation sites (N-methyl/N-ethyl adjacent to an activating group) is 2. The number of carbonyl (C=O) groups is 1. The molecule has 0 atom stereocenters. The lowest BCUT2D eigenvalue weighted by molar-refractivity contribution is -0.131. The number of aryl methyl sites for hydroxylation is 1. The monoisotopic (exact) mass is 288 g/mol. The van der Waals surface area contributed by atoms with Gasteiger partial charge in [0, 0.05) is 32.1 Å². The normalized spacial score (nSPS) is 10.9. The number of hydrogen-bond donors (Lipinski definition) is 0. The molecule has 0 N–H and O–H groups in total. The molecule has 0 saturated heterocycles. The van der Waals surface area contributed by atoms with Crippen LogP contribution in [0.2, 0.25) is 0 Å². The van der Waals surface area contributed by atoms with Crippen LogP contribution in [0.25, 0.3) is 0 Å². The summed E-state index contributed by atoms with van der Waals surface area (Å²) in [6.07, 6.45) is 3.51. The Morgan fingerprint density at radius 1 is 1.24 bits per heavy atom. The summed E-state index contributed by atoms with van der Waals surface area (Å²) in [6.45, 7) is 3.36. The van der Waals surface area contributed by atoms with Crippen LogP contribution in [0, 0.1) is 6.92 Å². The fourth-order valence-corrected chi connectivity index (χ4v) is 2.03. The van der Waals surface area contributed by atoms with Gasteiger partial charge < -0.3 is 9.42 Å². The molecular formula is C15H20N4O2. The minimum absolute atomic E-state index is 0.0483. The lowest BCUT2D eigenvalue weighted by Gasteiger charge is -2.21. The second-order valence-electron chi connectivity index (χ2n) is 5.21. The van der Waals surface area contributed by atoms with Gasteiger partial charge in [-0.05, 0) is 31.7 Å². The summed E-state index contributed by atoms with van der Waals surface area (Å²) < 4.78 is 5.00. The van der Waals surface area contributed by atoms with Crippen molar-refractivity contribution in [3.05, 3.63) is 47.6 Å². The average molecular weight is 288 g/mol. The zero-order valence-corrected chi connectivity index (χ0v) is 12.6. The van der Waals surface area contributed by atoms with Gasteiger partial charge in [0.25, 0.3) is 0 Å². The number of hydrogen-bond acceptors (Lipinski definition) is 5. The summed E-state index contributed by atoms with van der Waals surface area (Å²) >= 11 is 0. The Bertz CT molecular complexity index is 582. The summed E-state index contributed by atoms with van der Waals surface area (Å²) in [5.74, 6) is 0.799. The van der Waals surface area contributed by atoms with Crippen molar-refractivity contribution in [2.75, 3.05) is 20.6 Å². The highest BCUT2D eigenvalue weighted by Gasteiger charge is 2.14. The molecule has 0 aliphatic carbocycles. The van der Waals surface area contributed by atoms with E-state index in [1.165, 1.54) is 0 Å². The van der Waals surface area contributed by atoms with Gasteiger partial charge in [-0.3, -0.25) is 14.7 Å². The maximum absolute atomic E-state index is 12.2. The minimum atomic E-state index is 0.0483. The van der Waals surface area contributed by atoms with Crippen molar-refractivity contribution in [2.24, 2.45) is 0 Å². The molecule has 0 aliphatic heterocycles. The molecular weight excluding hydrogens is 268 g/mol. The number of nitrogens with zero attached hydrogens (tertiary/aromatic N) is 4. The van der Waals surface area contributed by atoms with Crippen LogP contribution in [0.15, 0.2) is 35.1 Å². The Hall–Kier alpha value is -2.21. The fourth-order valence-electron chi connectivity index (χ4n) is 2.03. The molecule has 2 heterocycles. The van der Waals surface area contributed by atoms with Gasteiger partial charge in [-0.15, -0.1) is 0 Å². The fraction of sp³-hybridized carbons (Fsp3) is 0.400. The third kappa shape index (κ3) is 4.68. The van der Waals surface area contributed by atoms with Crippen LogP contribution >= 0.6 is 0 Å². The first-order valence-electron chi connectivity index (χ1n) is 6.78. The van der Waals surface area contributed by atoms with Crippen LogP contribution in [0.1, 0.15) is 17.0 Å². The van der Waals surface area contributed by atoms with Crippen LogP contribution in [0.5, 0.6) is 0 Å². The molecule has 0 bridgehead atoms. The maximum atomic E-state index is 12.2. The van der Waals surface area contributed by atoms with Gasteiger partial charge in [-0.1, -0.05) is 5.16 Å². The topological polar surface area (TPSA) is 62.5 Å². The van der Waals surface area contributed by atoms with Crippen LogP contribution in [-0.4, -0.2) is 46.5 Å². The first-order chi connectivity index (χ1) is 10.0. The Balaban J connectivity index is 1.82. The lowest BCUT2D eigenvalue weighted by atomic mass is 10.2. The molecule has 0 fully saturated rings. The van der Waals surface area contributed by atoms with Crippen molar-refractivity contribution in [2.45, 2.75) is 20.0 Å². The molecule has 0 unspecified atom stereocenters. The average Bonchev–Trinajstić information content (AvgIpc) is 2.85. The Labute approximate surface area is 124 Å². The molecule has 21 heavy (non-hydrogen) atoms. The molecule has 2 rings (SSSR count). The van der Waals surface area contributed by atoms with E-state index in [-0.39, 0.29) is 5.91 Å². The predicted octanol–water partition coefficient (Wildman–Crippen LogP) is 1.47. The van der Waals surface area contributed by atoms with Crippen LogP contribution in [-0.2, 0) is 17.9 Å². The summed E-state index contributed by atoms with van der Waals surface area (Å²) in [7, 11) is 3.69. The van der Waals surface area contributed by atoms with Crippen LogP contribution in [0.3, 0.4) is 0 Å². The van der Waals surface area contributed by atoms with Crippen molar-refractivity contribution < 1.29 is 9.32 Å². The maximum Gasteiger partial charge on any atom is 0.236 e. The SMILES string of the molecule is Cc1cc(CN(C)C(=O)CN(C)Cc2ccncc2)no1. The summed E-state index contributed by atoms with van der Waals surface area (Å²) in [5.41, 5.74) is 1.90. The summed E-state index contributed by atoms with van der Waals surface area (Å²) in [4.78, 5) is 19.8. The van der Waals surface area contributed by atoms with Crippen molar-refractivity contribution in [1.82, 2.24) is 19.9 Å². The Morgan fingerprint density at radius 3 is 2.57 bits per heavy atom. The van der Waals surface area contributed by atoms with Gasteiger partial charge in [0.2, 0.25) is 5.91 Å². The van der Waals surface area contributed by atoms with E-state index in [2.05, 4.69) is 10.1 Å². The third-order valence-electron chi connectivity index (χ3n) is 3.11.